The minimum Gasteiger partial charge on any atom is -0.406 e. The van der Waals surface area contributed by atoms with E-state index >= 15 is 0 Å². The van der Waals surface area contributed by atoms with Crippen LogP contribution >= 0.6 is 0 Å². The molecule has 0 saturated carbocycles. The number of aromatic nitrogens is 1. The van der Waals surface area contributed by atoms with Crippen LogP contribution in [0.4, 0.5) is 0 Å². The van der Waals surface area contributed by atoms with E-state index in [1.807, 2.05) is 85.8 Å². The standard InChI is InChI=1S/C21H19NO2/c1-2-3-14-24-22-20(18-12-8-5-9-13-18)15-19(16-21(22)23)17-10-6-4-7-11-17/h2-13,15-16H,14H2,1H3. The topological polar surface area (TPSA) is 31.2 Å². The van der Waals surface area contributed by atoms with Crippen molar-refractivity contribution in [1.29, 1.82) is 0 Å². The Hall–Kier alpha value is -3.07. The number of benzene rings is 2. The molecule has 0 unspecified atom stereocenters. The molecule has 1 aromatic heterocycles. The van der Waals surface area contributed by atoms with E-state index in [1.165, 1.54) is 4.73 Å². The highest BCUT2D eigenvalue weighted by atomic mass is 16.7. The van der Waals surface area contributed by atoms with E-state index in [0.717, 1.165) is 22.4 Å². The molecule has 0 amide bonds. The zero-order valence-electron chi connectivity index (χ0n) is 13.6. The lowest BCUT2D eigenvalue weighted by molar-refractivity contribution is 0.130. The molecule has 120 valence electrons. The van der Waals surface area contributed by atoms with Crippen LogP contribution in [-0.4, -0.2) is 11.3 Å². The highest BCUT2D eigenvalue weighted by Crippen LogP contribution is 2.24. The molecule has 0 aliphatic carbocycles. The van der Waals surface area contributed by atoms with Crippen LogP contribution in [0.3, 0.4) is 0 Å². The predicted octanol–water partition coefficient (Wildman–Crippen LogP) is 4.19. The van der Waals surface area contributed by atoms with Gasteiger partial charge in [-0.3, -0.25) is 4.79 Å². The van der Waals surface area contributed by atoms with Crippen molar-refractivity contribution in [2.75, 3.05) is 6.61 Å². The number of nitrogens with zero attached hydrogens (tertiary/aromatic N) is 1. The Balaban J connectivity index is 2.14. The summed E-state index contributed by atoms with van der Waals surface area (Å²) in [7, 11) is 0. The van der Waals surface area contributed by atoms with Crippen LogP contribution in [0.15, 0.2) is 89.7 Å². The van der Waals surface area contributed by atoms with Gasteiger partial charge < -0.3 is 4.84 Å². The Kier molecular flexibility index (Phi) is 4.92. The summed E-state index contributed by atoms with van der Waals surface area (Å²) in [5.41, 5.74) is 3.39. The molecule has 0 bridgehead atoms. The van der Waals surface area contributed by atoms with E-state index in [1.54, 1.807) is 6.07 Å². The average molecular weight is 317 g/mol. The highest BCUT2D eigenvalue weighted by Gasteiger charge is 2.11. The number of pyridine rings is 1. The predicted molar refractivity (Wildman–Crippen MR) is 97.8 cm³/mol. The van der Waals surface area contributed by atoms with Crippen LogP contribution in [-0.2, 0) is 0 Å². The molecule has 3 rings (SSSR count). The van der Waals surface area contributed by atoms with Gasteiger partial charge in [-0.05, 0) is 30.2 Å². The normalized spacial score (nSPS) is 10.9. The zero-order valence-corrected chi connectivity index (χ0v) is 13.6. The first-order valence-electron chi connectivity index (χ1n) is 7.92. The summed E-state index contributed by atoms with van der Waals surface area (Å²) in [6.07, 6.45) is 3.76. The van der Waals surface area contributed by atoms with Crippen molar-refractivity contribution in [2.45, 2.75) is 6.92 Å². The van der Waals surface area contributed by atoms with Gasteiger partial charge in [0.25, 0.3) is 5.56 Å². The maximum atomic E-state index is 12.6. The Morgan fingerprint density at radius 2 is 1.50 bits per heavy atom. The number of rotatable bonds is 5. The summed E-state index contributed by atoms with van der Waals surface area (Å²) in [4.78, 5) is 18.3. The van der Waals surface area contributed by atoms with E-state index < -0.39 is 0 Å². The molecular formula is C21H19NO2. The fourth-order valence-corrected chi connectivity index (χ4v) is 2.51. The fourth-order valence-electron chi connectivity index (χ4n) is 2.51. The first kappa shape index (κ1) is 15.8. The minimum absolute atomic E-state index is 0.181. The second-order valence-electron chi connectivity index (χ2n) is 5.36. The molecule has 0 spiro atoms. The van der Waals surface area contributed by atoms with Crippen molar-refractivity contribution in [3.05, 3.63) is 95.3 Å². The van der Waals surface area contributed by atoms with Gasteiger partial charge >= 0.3 is 0 Å². The van der Waals surface area contributed by atoms with Crippen molar-refractivity contribution < 1.29 is 4.84 Å². The molecule has 0 atom stereocenters. The van der Waals surface area contributed by atoms with E-state index in [-0.39, 0.29) is 5.56 Å². The van der Waals surface area contributed by atoms with Crippen LogP contribution in [0.25, 0.3) is 22.4 Å². The van der Waals surface area contributed by atoms with Gasteiger partial charge in [-0.15, -0.1) is 4.73 Å². The Morgan fingerprint density at radius 1 is 0.875 bits per heavy atom. The van der Waals surface area contributed by atoms with Crippen LogP contribution in [0, 0.1) is 0 Å². The third-order valence-electron chi connectivity index (χ3n) is 3.70. The van der Waals surface area contributed by atoms with Gasteiger partial charge in [-0.1, -0.05) is 66.7 Å². The molecule has 3 nitrogen and oxygen atoms in total. The Morgan fingerprint density at radius 3 is 2.12 bits per heavy atom. The lowest BCUT2D eigenvalue weighted by atomic mass is 10.0. The third-order valence-corrected chi connectivity index (χ3v) is 3.70. The van der Waals surface area contributed by atoms with Gasteiger partial charge in [0.1, 0.15) is 6.61 Å². The van der Waals surface area contributed by atoms with E-state index in [0.29, 0.717) is 6.61 Å². The van der Waals surface area contributed by atoms with E-state index in [9.17, 15) is 4.79 Å². The summed E-state index contributed by atoms with van der Waals surface area (Å²) >= 11 is 0. The molecule has 3 aromatic rings. The van der Waals surface area contributed by atoms with Gasteiger partial charge in [0.2, 0.25) is 0 Å². The van der Waals surface area contributed by atoms with Crippen LogP contribution in [0.5, 0.6) is 0 Å². The summed E-state index contributed by atoms with van der Waals surface area (Å²) in [6, 6.07) is 23.3. The quantitative estimate of drug-likeness (QED) is 0.661. The third kappa shape index (κ3) is 3.46. The smallest absolute Gasteiger partial charge is 0.284 e. The largest absolute Gasteiger partial charge is 0.406 e. The maximum absolute atomic E-state index is 12.6. The Labute approximate surface area is 141 Å². The molecule has 0 saturated heterocycles. The summed E-state index contributed by atoms with van der Waals surface area (Å²) in [5.74, 6) is 0. The van der Waals surface area contributed by atoms with Gasteiger partial charge in [-0.2, -0.15) is 0 Å². The van der Waals surface area contributed by atoms with Crippen molar-refractivity contribution in [3.8, 4) is 22.4 Å². The second kappa shape index (κ2) is 7.47. The highest BCUT2D eigenvalue weighted by molar-refractivity contribution is 5.70. The van der Waals surface area contributed by atoms with Crippen molar-refractivity contribution >= 4 is 0 Å². The molecule has 0 aliphatic heterocycles. The second-order valence-corrected chi connectivity index (χ2v) is 5.36. The number of hydrogen-bond acceptors (Lipinski definition) is 2. The molecule has 0 aliphatic rings. The van der Waals surface area contributed by atoms with Crippen molar-refractivity contribution in [1.82, 2.24) is 4.73 Å². The lowest BCUT2D eigenvalue weighted by Gasteiger charge is -2.14. The first-order valence-corrected chi connectivity index (χ1v) is 7.92. The molecule has 3 heteroatoms. The maximum Gasteiger partial charge on any atom is 0.284 e. The Bertz CT molecular complexity index is 881. The van der Waals surface area contributed by atoms with Crippen LogP contribution in [0.1, 0.15) is 6.92 Å². The minimum atomic E-state index is -0.181. The fraction of sp³-hybridized carbons (Fsp3) is 0.0952. The first-order chi connectivity index (χ1) is 11.8. The summed E-state index contributed by atoms with van der Waals surface area (Å²) in [5, 5.41) is 0. The summed E-state index contributed by atoms with van der Waals surface area (Å²) in [6.45, 7) is 2.27. The van der Waals surface area contributed by atoms with E-state index in [4.69, 9.17) is 4.84 Å². The zero-order chi connectivity index (χ0) is 16.8. The monoisotopic (exact) mass is 317 g/mol. The van der Waals surface area contributed by atoms with Crippen molar-refractivity contribution in [3.63, 3.8) is 0 Å². The molecule has 24 heavy (non-hydrogen) atoms. The molecule has 0 radical (unpaired) electrons. The average Bonchev–Trinajstić information content (AvgIpc) is 2.64. The molecule has 2 aromatic carbocycles. The van der Waals surface area contributed by atoms with Gasteiger partial charge in [0, 0.05) is 11.6 Å². The number of hydrogen-bond donors (Lipinski definition) is 0. The van der Waals surface area contributed by atoms with E-state index in [2.05, 4.69) is 0 Å². The van der Waals surface area contributed by atoms with Gasteiger partial charge in [0.15, 0.2) is 0 Å². The molecule has 0 fully saturated rings. The lowest BCUT2D eigenvalue weighted by Crippen LogP contribution is -2.28. The van der Waals surface area contributed by atoms with Crippen molar-refractivity contribution in [2.24, 2.45) is 0 Å². The van der Waals surface area contributed by atoms with Gasteiger partial charge in [-0.25, -0.2) is 0 Å². The molecule has 0 N–H and O–H groups in total. The van der Waals surface area contributed by atoms with Crippen LogP contribution in [0.2, 0.25) is 0 Å². The molecule has 1 heterocycles. The van der Waals surface area contributed by atoms with Crippen LogP contribution < -0.4 is 10.4 Å². The number of allylic oxidation sites excluding steroid dienone is 1. The summed E-state index contributed by atoms with van der Waals surface area (Å²) < 4.78 is 1.36. The SMILES string of the molecule is CC=CCOn1c(-c2ccccc2)cc(-c2ccccc2)cc1=O. The molecular weight excluding hydrogens is 298 g/mol. The van der Waals surface area contributed by atoms with Gasteiger partial charge in [0.05, 0.1) is 5.69 Å².